The maximum Gasteiger partial charge on any atom is 0.320 e. The average molecular weight is 453 g/mol. The van der Waals surface area contributed by atoms with Gasteiger partial charge in [-0.1, -0.05) is 6.92 Å². The van der Waals surface area contributed by atoms with Crippen molar-refractivity contribution < 1.29 is 14.3 Å². The van der Waals surface area contributed by atoms with E-state index >= 15 is 0 Å². The lowest BCUT2D eigenvalue weighted by atomic mass is 10.1. The molecule has 0 unspecified atom stereocenters. The monoisotopic (exact) mass is 452 g/mol. The van der Waals surface area contributed by atoms with E-state index in [-0.39, 0.29) is 6.03 Å². The van der Waals surface area contributed by atoms with Crippen molar-refractivity contribution in [3.05, 3.63) is 42.6 Å². The second kappa shape index (κ2) is 12.7. The van der Waals surface area contributed by atoms with Crippen molar-refractivity contribution in [3.63, 3.8) is 0 Å². The van der Waals surface area contributed by atoms with Crippen molar-refractivity contribution >= 4 is 23.0 Å². The van der Waals surface area contributed by atoms with Crippen LogP contribution >= 0.6 is 0 Å². The number of methoxy groups -OCH3 is 1. The van der Waals surface area contributed by atoms with Crippen LogP contribution in [0.15, 0.2) is 42.6 Å². The first-order chi connectivity index (χ1) is 16.1. The molecule has 2 aromatic heterocycles. The molecule has 0 aliphatic rings. The minimum atomic E-state index is -0.304. The molecule has 3 rings (SSSR count). The number of nitrogens with zero attached hydrogens (tertiary/aromatic N) is 4. The fourth-order valence-electron chi connectivity index (χ4n) is 3.28. The van der Waals surface area contributed by atoms with Crippen molar-refractivity contribution in [1.82, 2.24) is 25.2 Å². The number of hydrogen-bond donors (Lipinski definition) is 2. The predicted octanol–water partition coefficient (Wildman–Crippen LogP) is 3.57. The molecule has 9 heteroatoms. The summed E-state index contributed by atoms with van der Waals surface area (Å²) in [7, 11) is 1.73. The van der Waals surface area contributed by atoms with Crippen LogP contribution in [0, 0.1) is 0 Å². The molecule has 3 aromatic rings. The molecule has 0 aliphatic carbocycles. The number of anilines is 1. The van der Waals surface area contributed by atoms with Gasteiger partial charge in [0.2, 0.25) is 0 Å². The zero-order chi connectivity index (χ0) is 23.5. The van der Waals surface area contributed by atoms with E-state index in [0.717, 1.165) is 44.0 Å². The number of pyridine rings is 1. The standard InChI is InChI=1S/C24H32N6O3/c1-4-25-24(31)29-22-12-11-20-23(28-22)27-21(17-26-20)18-7-9-19(10-8-18)33-15-6-13-30(5-2)14-16-32-3/h7-12,17H,4-6,13-16H2,1-3H3,(H2,25,27,28,29,31). The zero-order valence-corrected chi connectivity index (χ0v) is 19.5. The number of amides is 2. The Kier molecular flexibility index (Phi) is 9.34. The van der Waals surface area contributed by atoms with Crippen LogP contribution in [0.25, 0.3) is 22.4 Å². The second-order valence-electron chi connectivity index (χ2n) is 7.43. The van der Waals surface area contributed by atoms with E-state index in [1.165, 1.54) is 0 Å². The number of fused-ring (bicyclic) bond motifs is 1. The maximum atomic E-state index is 11.7. The number of rotatable bonds is 12. The van der Waals surface area contributed by atoms with Gasteiger partial charge >= 0.3 is 6.03 Å². The normalized spacial score (nSPS) is 11.0. The lowest BCUT2D eigenvalue weighted by Gasteiger charge is -2.19. The highest BCUT2D eigenvalue weighted by atomic mass is 16.5. The van der Waals surface area contributed by atoms with Crippen LogP contribution in [-0.2, 0) is 4.74 Å². The summed E-state index contributed by atoms with van der Waals surface area (Å²) in [5.74, 6) is 1.24. The van der Waals surface area contributed by atoms with Gasteiger partial charge in [0.25, 0.3) is 0 Å². The van der Waals surface area contributed by atoms with Gasteiger partial charge in [0, 0.05) is 32.3 Å². The van der Waals surface area contributed by atoms with Crippen LogP contribution < -0.4 is 15.4 Å². The van der Waals surface area contributed by atoms with Gasteiger partial charge in [0.15, 0.2) is 5.65 Å². The summed E-state index contributed by atoms with van der Waals surface area (Å²) < 4.78 is 11.0. The summed E-state index contributed by atoms with van der Waals surface area (Å²) in [4.78, 5) is 27.6. The topological polar surface area (TPSA) is 102 Å². The summed E-state index contributed by atoms with van der Waals surface area (Å²) in [5.41, 5.74) is 2.74. The molecule has 176 valence electrons. The highest BCUT2D eigenvalue weighted by Crippen LogP contribution is 2.22. The van der Waals surface area contributed by atoms with E-state index in [0.29, 0.717) is 35.8 Å². The Morgan fingerprint density at radius 2 is 1.85 bits per heavy atom. The number of likely N-dealkylation sites (N-methyl/N-ethyl adjacent to an activating group) is 1. The summed E-state index contributed by atoms with van der Waals surface area (Å²) in [6.45, 7) is 8.87. The van der Waals surface area contributed by atoms with Gasteiger partial charge < -0.3 is 19.7 Å². The molecular formula is C24H32N6O3. The largest absolute Gasteiger partial charge is 0.494 e. The van der Waals surface area contributed by atoms with E-state index in [2.05, 4.69) is 37.4 Å². The maximum absolute atomic E-state index is 11.7. The molecular weight excluding hydrogens is 420 g/mol. The molecule has 0 fully saturated rings. The predicted molar refractivity (Wildman–Crippen MR) is 130 cm³/mol. The third kappa shape index (κ3) is 7.37. The Bertz CT molecular complexity index is 1030. The average Bonchev–Trinajstić information content (AvgIpc) is 2.83. The first-order valence-electron chi connectivity index (χ1n) is 11.3. The molecule has 0 aliphatic heterocycles. The third-order valence-corrected chi connectivity index (χ3v) is 5.08. The Morgan fingerprint density at radius 3 is 2.58 bits per heavy atom. The third-order valence-electron chi connectivity index (χ3n) is 5.08. The molecule has 0 saturated heterocycles. The van der Waals surface area contributed by atoms with Crippen LogP contribution in [0.3, 0.4) is 0 Å². The molecule has 0 atom stereocenters. The minimum Gasteiger partial charge on any atom is -0.494 e. The molecule has 0 radical (unpaired) electrons. The molecule has 0 saturated carbocycles. The number of ether oxygens (including phenoxy) is 2. The van der Waals surface area contributed by atoms with Crippen molar-refractivity contribution in [1.29, 1.82) is 0 Å². The highest BCUT2D eigenvalue weighted by Gasteiger charge is 2.08. The van der Waals surface area contributed by atoms with Crippen molar-refractivity contribution in [2.75, 3.05) is 51.8 Å². The number of benzene rings is 1. The van der Waals surface area contributed by atoms with Crippen molar-refractivity contribution in [3.8, 4) is 17.0 Å². The molecule has 9 nitrogen and oxygen atoms in total. The molecule has 1 aromatic carbocycles. The SMILES string of the molecule is CCNC(=O)Nc1ccc2ncc(-c3ccc(OCCCN(CC)CCOC)cc3)nc2n1. The number of hydrogen-bond acceptors (Lipinski definition) is 7. The van der Waals surface area contributed by atoms with Crippen LogP contribution in [-0.4, -0.2) is 72.4 Å². The van der Waals surface area contributed by atoms with Crippen LogP contribution in [0.2, 0.25) is 0 Å². The smallest absolute Gasteiger partial charge is 0.320 e. The number of carbonyl (C=O) groups is 1. The van der Waals surface area contributed by atoms with Crippen LogP contribution in [0.4, 0.5) is 10.6 Å². The minimum absolute atomic E-state index is 0.304. The van der Waals surface area contributed by atoms with Crippen LogP contribution in [0.5, 0.6) is 5.75 Å². The van der Waals surface area contributed by atoms with Gasteiger partial charge in [0.1, 0.15) is 17.1 Å². The zero-order valence-electron chi connectivity index (χ0n) is 19.5. The van der Waals surface area contributed by atoms with Crippen molar-refractivity contribution in [2.45, 2.75) is 20.3 Å². The fraction of sp³-hybridized carbons (Fsp3) is 0.417. The van der Waals surface area contributed by atoms with Gasteiger partial charge in [-0.3, -0.25) is 10.3 Å². The van der Waals surface area contributed by atoms with Gasteiger partial charge in [0.05, 0.1) is 25.1 Å². The number of nitrogens with one attached hydrogen (secondary N) is 2. The Hall–Kier alpha value is -3.30. The molecule has 33 heavy (non-hydrogen) atoms. The van der Waals surface area contributed by atoms with E-state index in [4.69, 9.17) is 9.47 Å². The van der Waals surface area contributed by atoms with E-state index in [9.17, 15) is 4.79 Å². The summed E-state index contributed by atoms with van der Waals surface area (Å²) in [5, 5.41) is 5.37. The lowest BCUT2D eigenvalue weighted by molar-refractivity contribution is 0.146. The molecule has 2 heterocycles. The molecule has 0 bridgehead atoms. The van der Waals surface area contributed by atoms with E-state index in [1.807, 2.05) is 31.2 Å². The van der Waals surface area contributed by atoms with Gasteiger partial charge in [-0.15, -0.1) is 0 Å². The van der Waals surface area contributed by atoms with E-state index < -0.39 is 0 Å². The number of aromatic nitrogens is 3. The summed E-state index contributed by atoms with van der Waals surface area (Å²) >= 11 is 0. The molecule has 2 amide bonds. The van der Waals surface area contributed by atoms with Gasteiger partial charge in [-0.05, 0) is 56.3 Å². The molecule has 2 N–H and O–H groups in total. The fourth-order valence-corrected chi connectivity index (χ4v) is 3.28. The van der Waals surface area contributed by atoms with Crippen molar-refractivity contribution in [2.24, 2.45) is 0 Å². The lowest BCUT2D eigenvalue weighted by Crippen LogP contribution is -2.29. The van der Waals surface area contributed by atoms with Gasteiger partial charge in [-0.2, -0.15) is 0 Å². The number of urea groups is 1. The Morgan fingerprint density at radius 1 is 1.03 bits per heavy atom. The summed E-state index contributed by atoms with van der Waals surface area (Å²) in [6.07, 6.45) is 2.67. The summed E-state index contributed by atoms with van der Waals surface area (Å²) in [6, 6.07) is 11.0. The first-order valence-corrected chi connectivity index (χ1v) is 11.3. The van der Waals surface area contributed by atoms with Crippen LogP contribution in [0.1, 0.15) is 20.3 Å². The van der Waals surface area contributed by atoms with Gasteiger partial charge in [-0.25, -0.2) is 14.8 Å². The van der Waals surface area contributed by atoms with E-state index in [1.54, 1.807) is 25.4 Å². The Labute approximate surface area is 194 Å². The number of carbonyl (C=O) groups excluding carboxylic acids is 1. The molecule has 0 spiro atoms. The first kappa shape index (κ1) is 24.3. The second-order valence-corrected chi connectivity index (χ2v) is 7.43. The highest BCUT2D eigenvalue weighted by molar-refractivity contribution is 5.89. The quantitative estimate of drug-likeness (QED) is 0.405. The Balaban J connectivity index is 1.59.